The van der Waals surface area contributed by atoms with Crippen molar-refractivity contribution in [2.75, 3.05) is 13.1 Å². The second kappa shape index (κ2) is 8.98. The average Bonchev–Trinajstić information content (AvgIpc) is 2.81. The van der Waals surface area contributed by atoms with Crippen molar-refractivity contribution in [3.8, 4) is 0 Å². The maximum atomic E-state index is 11.7. The molecule has 1 unspecified atom stereocenters. The lowest BCUT2D eigenvalue weighted by Gasteiger charge is -2.21. The lowest BCUT2D eigenvalue weighted by Crippen LogP contribution is -2.36. The fourth-order valence-corrected chi connectivity index (χ4v) is 3.65. The number of nitrogens with one attached hydrogen (secondary N) is 1. The van der Waals surface area contributed by atoms with Crippen LogP contribution >= 0.6 is 24.0 Å². The summed E-state index contributed by atoms with van der Waals surface area (Å²) in [5.41, 5.74) is 2.14. The monoisotopic (exact) mass is 380 g/mol. The SMILES string of the molecule is Cc1ccc(/C=C2/SC(=S)N(CCC(=O)NCCC(=O)O)C2O)cc1. The van der Waals surface area contributed by atoms with E-state index < -0.39 is 12.2 Å². The van der Waals surface area contributed by atoms with E-state index in [9.17, 15) is 14.7 Å². The zero-order chi connectivity index (χ0) is 18.4. The van der Waals surface area contributed by atoms with Gasteiger partial charge < -0.3 is 20.4 Å². The van der Waals surface area contributed by atoms with Gasteiger partial charge in [-0.2, -0.15) is 0 Å². The summed E-state index contributed by atoms with van der Waals surface area (Å²) in [7, 11) is 0. The Morgan fingerprint density at radius 1 is 1.32 bits per heavy atom. The van der Waals surface area contributed by atoms with Crippen LogP contribution in [0.25, 0.3) is 6.08 Å². The van der Waals surface area contributed by atoms with E-state index in [1.807, 2.05) is 37.3 Å². The molecular weight excluding hydrogens is 360 g/mol. The lowest BCUT2D eigenvalue weighted by atomic mass is 10.1. The maximum absolute atomic E-state index is 11.7. The summed E-state index contributed by atoms with van der Waals surface area (Å²) >= 11 is 6.60. The third kappa shape index (κ3) is 5.84. The summed E-state index contributed by atoms with van der Waals surface area (Å²) in [4.78, 5) is 24.5. The van der Waals surface area contributed by atoms with Gasteiger partial charge in [-0.1, -0.05) is 53.8 Å². The second-order valence-electron chi connectivity index (χ2n) is 5.64. The Labute approximate surface area is 155 Å². The number of carbonyl (C=O) groups excluding carboxylic acids is 1. The van der Waals surface area contributed by atoms with E-state index in [0.717, 1.165) is 16.0 Å². The topological polar surface area (TPSA) is 89.9 Å². The smallest absolute Gasteiger partial charge is 0.305 e. The number of benzene rings is 1. The van der Waals surface area contributed by atoms with Gasteiger partial charge in [0.1, 0.15) is 4.32 Å². The Kier molecular flexibility index (Phi) is 6.98. The summed E-state index contributed by atoms with van der Waals surface area (Å²) in [6, 6.07) is 7.93. The van der Waals surface area contributed by atoms with Crippen molar-refractivity contribution in [3.05, 3.63) is 40.3 Å². The summed E-state index contributed by atoms with van der Waals surface area (Å²) in [6.07, 6.45) is 1.03. The molecular formula is C17H20N2O4S2. The van der Waals surface area contributed by atoms with Crippen LogP contribution in [0.2, 0.25) is 0 Å². The number of hydrogen-bond acceptors (Lipinski definition) is 5. The summed E-state index contributed by atoms with van der Waals surface area (Å²) in [5, 5.41) is 21.5. The van der Waals surface area contributed by atoms with Crippen molar-refractivity contribution in [2.24, 2.45) is 0 Å². The highest BCUT2D eigenvalue weighted by Crippen LogP contribution is 2.35. The number of carboxylic acids is 1. The molecule has 1 aromatic rings. The molecule has 1 amide bonds. The van der Waals surface area contributed by atoms with Gasteiger partial charge in [-0.25, -0.2) is 0 Å². The van der Waals surface area contributed by atoms with Crippen LogP contribution in [0.15, 0.2) is 29.2 Å². The van der Waals surface area contributed by atoms with Crippen LogP contribution in [0, 0.1) is 6.92 Å². The van der Waals surface area contributed by atoms with Gasteiger partial charge in [-0.15, -0.1) is 0 Å². The van der Waals surface area contributed by atoms with Gasteiger partial charge in [-0.3, -0.25) is 9.59 Å². The molecule has 0 aliphatic carbocycles. The van der Waals surface area contributed by atoms with Crippen LogP contribution in [-0.4, -0.2) is 50.6 Å². The number of aliphatic hydroxyl groups excluding tert-OH is 1. The van der Waals surface area contributed by atoms with Crippen molar-refractivity contribution >= 4 is 46.3 Å². The number of aryl methyl sites for hydroxylation is 1. The van der Waals surface area contributed by atoms with E-state index >= 15 is 0 Å². The molecule has 0 aromatic heterocycles. The molecule has 1 heterocycles. The first-order valence-corrected chi connectivity index (χ1v) is 9.02. The molecule has 2 rings (SSSR count). The first-order valence-electron chi connectivity index (χ1n) is 7.80. The van der Waals surface area contributed by atoms with Crippen molar-refractivity contribution in [3.63, 3.8) is 0 Å². The molecule has 1 fully saturated rings. The average molecular weight is 380 g/mol. The van der Waals surface area contributed by atoms with Gasteiger partial charge in [0.05, 0.1) is 6.42 Å². The molecule has 0 saturated carbocycles. The van der Waals surface area contributed by atoms with E-state index in [2.05, 4.69) is 5.32 Å². The van der Waals surface area contributed by atoms with Crippen LogP contribution in [-0.2, 0) is 9.59 Å². The van der Waals surface area contributed by atoms with Gasteiger partial charge >= 0.3 is 5.97 Å². The Balaban J connectivity index is 1.90. The Bertz CT molecular complexity index is 688. The Hall–Kier alpha value is -1.90. The summed E-state index contributed by atoms with van der Waals surface area (Å²) in [5.74, 6) is -1.23. The van der Waals surface area contributed by atoms with Crippen LogP contribution in [0.3, 0.4) is 0 Å². The molecule has 0 bridgehead atoms. The first-order chi connectivity index (χ1) is 11.9. The molecule has 0 spiro atoms. The Morgan fingerprint density at radius 2 is 2.00 bits per heavy atom. The Morgan fingerprint density at radius 3 is 2.64 bits per heavy atom. The van der Waals surface area contributed by atoms with Crippen molar-refractivity contribution in [1.29, 1.82) is 0 Å². The van der Waals surface area contributed by atoms with E-state index in [1.165, 1.54) is 11.8 Å². The van der Waals surface area contributed by atoms with Crippen molar-refractivity contribution in [1.82, 2.24) is 10.2 Å². The third-order valence-electron chi connectivity index (χ3n) is 3.62. The largest absolute Gasteiger partial charge is 0.481 e. The number of carbonyl (C=O) groups is 2. The minimum atomic E-state index is -0.960. The molecule has 8 heteroatoms. The predicted octanol–water partition coefficient (Wildman–Crippen LogP) is 1.97. The quantitative estimate of drug-likeness (QED) is 0.623. The fourth-order valence-electron chi connectivity index (χ4n) is 2.23. The zero-order valence-corrected chi connectivity index (χ0v) is 15.4. The molecule has 3 N–H and O–H groups in total. The predicted molar refractivity (Wildman–Crippen MR) is 102 cm³/mol. The van der Waals surface area contributed by atoms with E-state index in [1.54, 1.807) is 4.90 Å². The number of thiocarbonyl (C=S) groups is 1. The van der Waals surface area contributed by atoms with Crippen LogP contribution in [0.1, 0.15) is 24.0 Å². The standard InChI is InChI=1S/C17H20N2O4S2/c1-11-2-4-12(5-3-11)10-13-16(23)19(17(24)25-13)9-7-14(20)18-8-6-15(21)22/h2-5,10,16,23H,6-9H2,1H3,(H,18,20)(H,21,22)/b13-10+. The van der Waals surface area contributed by atoms with Gasteiger partial charge in [0.25, 0.3) is 0 Å². The van der Waals surface area contributed by atoms with Gasteiger partial charge in [0.2, 0.25) is 5.91 Å². The molecule has 0 radical (unpaired) electrons. The van der Waals surface area contributed by atoms with Crippen molar-refractivity contribution < 1.29 is 19.8 Å². The number of aliphatic hydroxyl groups is 1. The molecule has 1 atom stereocenters. The molecule has 25 heavy (non-hydrogen) atoms. The van der Waals surface area contributed by atoms with Crippen LogP contribution in [0.4, 0.5) is 0 Å². The van der Waals surface area contributed by atoms with Gasteiger partial charge in [0.15, 0.2) is 6.23 Å². The molecule has 1 saturated heterocycles. The van der Waals surface area contributed by atoms with Crippen molar-refractivity contribution in [2.45, 2.75) is 26.0 Å². The number of carboxylic acid groups (broad SMARTS) is 1. The van der Waals surface area contributed by atoms with E-state index in [0.29, 0.717) is 4.32 Å². The van der Waals surface area contributed by atoms with Gasteiger partial charge in [-0.05, 0) is 18.6 Å². The maximum Gasteiger partial charge on any atom is 0.305 e. The molecule has 134 valence electrons. The third-order valence-corrected chi connectivity index (χ3v) is 5.07. The first kappa shape index (κ1) is 19.4. The van der Waals surface area contributed by atoms with E-state index in [4.69, 9.17) is 17.3 Å². The second-order valence-corrected chi connectivity index (χ2v) is 7.34. The summed E-state index contributed by atoms with van der Waals surface area (Å²) < 4.78 is 0.518. The lowest BCUT2D eigenvalue weighted by molar-refractivity contribution is -0.136. The highest BCUT2D eigenvalue weighted by molar-refractivity contribution is 8.25. The fraction of sp³-hybridized carbons (Fsp3) is 0.353. The number of rotatable bonds is 7. The number of hydrogen-bond donors (Lipinski definition) is 3. The minimum Gasteiger partial charge on any atom is -0.481 e. The molecule has 1 aromatic carbocycles. The van der Waals surface area contributed by atoms with Gasteiger partial charge in [0, 0.05) is 24.4 Å². The van der Waals surface area contributed by atoms with Crippen LogP contribution < -0.4 is 5.32 Å². The highest BCUT2D eigenvalue weighted by Gasteiger charge is 2.32. The number of amides is 1. The summed E-state index contributed by atoms with van der Waals surface area (Å²) in [6.45, 7) is 2.38. The minimum absolute atomic E-state index is 0.0918. The van der Waals surface area contributed by atoms with Crippen LogP contribution in [0.5, 0.6) is 0 Å². The number of nitrogens with zero attached hydrogens (tertiary/aromatic N) is 1. The molecule has 6 nitrogen and oxygen atoms in total. The molecule has 1 aliphatic heterocycles. The number of aliphatic carboxylic acids is 1. The zero-order valence-electron chi connectivity index (χ0n) is 13.8. The number of thioether (sulfide) groups is 1. The molecule has 1 aliphatic rings. The highest BCUT2D eigenvalue weighted by atomic mass is 32.2. The van der Waals surface area contributed by atoms with E-state index in [-0.39, 0.29) is 31.8 Å². The normalized spacial score (nSPS) is 18.6.